The van der Waals surface area contributed by atoms with Gasteiger partial charge in [-0.1, -0.05) is 36.8 Å². The number of nitrogens with one attached hydrogen (secondary N) is 1. The van der Waals surface area contributed by atoms with E-state index in [1.807, 2.05) is 13.8 Å². The number of rotatable bonds is 4. The lowest BCUT2D eigenvalue weighted by molar-refractivity contribution is 0.852. The van der Waals surface area contributed by atoms with Crippen LogP contribution in [-0.2, 0) is 6.42 Å². The number of nitrogens with zero attached hydrogens (tertiary/aromatic N) is 2. The molecule has 0 radical (unpaired) electrons. The van der Waals surface area contributed by atoms with E-state index in [4.69, 9.17) is 5.73 Å². The molecule has 0 aliphatic rings. The van der Waals surface area contributed by atoms with Gasteiger partial charge < -0.3 is 11.1 Å². The summed E-state index contributed by atoms with van der Waals surface area (Å²) in [5.41, 5.74) is 9.33. The number of nitrogens with two attached hydrogens (primary N) is 1. The number of hydrogen-bond donors (Lipinski definition) is 2. The molecule has 0 spiro atoms. The van der Waals surface area contributed by atoms with E-state index in [9.17, 15) is 0 Å². The second-order valence-corrected chi connectivity index (χ2v) is 5.13. The smallest absolute Gasteiger partial charge is 0.135 e. The fourth-order valence-corrected chi connectivity index (χ4v) is 2.02. The lowest BCUT2D eigenvalue weighted by Crippen LogP contribution is -2.12. The van der Waals surface area contributed by atoms with Gasteiger partial charge >= 0.3 is 0 Å². The average molecular weight is 270 g/mol. The van der Waals surface area contributed by atoms with Gasteiger partial charge in [-0.25, -0.2) is 9.97 Å². The highest BCUT2D eigenvalue weighted by atomic mass is 15.1. The molecular formula is C16H22N4. The SMILES string of the molecule is CCc1nc(N)c(C)c(NC(C)c2ccc(C)cc2)n1. The van der Waals surface area contributed by atoms with E-state index in [2.05, 4.69) is 53.4 Å². The fraction of sp³-hybridized carbons (Fsp3) is 0.375. The Morgan fingerprint density at radius 3 is 2.40 bits per heavy atom. The highest BCUT2D eigenvalue weighted by Crippen LogP contribution is 2.23. The van der Waals surface area contributed by atoms with E-state index in [0.717, 1.165) is 23.6 Å². The number of benzene rings is 1. The molecule has 1 aromatic heterocycles. The Morgan fingerprint density at radius 1 is 1.15 bits per heavy atom. The Kier molecular flexibility index (Phi) is 4.23. The summed E-state index contributed by atoms with van der Waals surface area (Å²) < 4.78 is 0. The summed E-state index contributed by atoms with van der Waals surface area (Å²) in [7, 11) is 0. The van der Waals surface area contributed by atoms with Crippen LogP contribution in [0.3, 0.4) is 0 Å². The highest BCUT2D eigenvalue weighted by molar-refractivity contribution is 5.55. The van der Waals surface area contributed by atoms with Crippen LogP contribution >= 0.6 is 0 Å². The largest absolute Gasteiger partial charge is 0.383 e. The summed E-state index contributed by atoms with van der Waals surface area (Å²) in [6.45, 7) is 8.18. The van der Waals surface area contributed by atoms with Gasteiger partial charge in [-0.15, -0.1) is 0 Å². The lowest BCUT2D eigenvalue weighted by atomic mass is 10.1. The van der Waals surface area contributed by atoms with Crippen LogP contribution in [0.5, 0.6) is 0 Å². The maximum Gasteiger partial charge on any atom is 0.135 e. The Morgan fingerprint density at radius 2 is 1.80 bits per heavy atom. The molecule has 2 aromatic rings. The van der Waals surface area contributed by atoms with Crippen molar-refractivity contribution in [2.75, 3.05) is 11.1 Å². The first-order valence-electron chi connectivity index (χ1n) is 6.97. The quantitative estimate of drug-likeness (QED) is 0.893. The molecule has 0 saturated heterocycles. The third-order valence-corrected chi connectivity index (χ3v) is 3.48. The van der Waals surface area contributed by atoms with Gasteiger partial charge in [0.25, 0.3) is 0 Å². The minimum atomic E-state index is 0.174. The predicted octanol–water partition coefficient (Wildman–Crippen LogP) is 3.41. The molecular weight excluding hydrogens is 248 g/mol. The molecule has 0 aliphatic carbocycles. The van der Waals surface area contributed by atoms with Gasteiger partial charge in [0.1, 0.15) is 17.5 Å². The lowest BCUT2D eigenvalue weighted by Gasteiger charge is -2.18. The number of aryl methyl sites for hydroxylation is 2. The first kappa shape index (κ1) is 14.3. The molecule has 1 heterocycles. The number of aromatic nitrogens is 2. The van der Waals surface area contributed by atoms with Crippen LogP contribution in [0.15, 0.2) is 24.3 Å². The molecule has 106 valence electrons. The van der Waals surface area contributed by atoms with Gasteiger partial charge in [-0.05, 0) is 26.3 Å². The monoisotopic (exact) mass is 270 g/mol. The van der Waals surface area contributed by atoms with Crippen molar-refractivity contribution in [3.8, 4) is 0 Å². The van der Waals surface area contributed by atoms with Crippen LogP contribution < -0.4 is 11.1 Å². The van der Waals surface area contributed by atoms with E-state index in [1.165, 1.54) is 11.1 Å². The molecule has 1 aromatic carbocycles. The average Bonchev–Trinajstić information content (AvgIpc) is 2.44. The van der Waals surface area contributed by atoms with Gasteiger partial charge in [0.05, 0.1) is 0 Å². The third-order valence-electron chi connectivity index (χ3n) is 3.48. The second kappa shape index (κ2) is 5.90. The van der Waals surface area contributed by atoms with Crippen molar-refractivity contribution < 1.29 is 0 Å². The van der Waals surface area contributed by atoms with Crippen LogP contribution in [0.4, 0.5) is 11.6 Å². The van der Waals surface area contributed by atoms with Gasteiger partial charge in [-0.3, -0.25) is 0 Å². The third kappa shape index (κ3) is 3.07. The Hall–Kier alpha value is -2.10. The minimum absolute atomic E-state index is 0.174. The molecule has 1 atom stereocenters. The summed E-state index contributed by atoms with van der Waals surface area (Å²) in [5.74, 6) is 2.14. The topological polar surface area (TPSA) is 63.8 Å². The first-order chi connectivity index (χ1) is 9.51. The molecule has 2 rings (SSSR count). The van der Waals surface area contributed by atoms with Crippen LogP contribution in [0.2, 0.25) is 0 Å². The molecule has 4 nitrogen and oxygen atoms in total. The van der Waals surface area contributed by atoms with Crippen molar-refractivity contribution in [1.82, 2.24) is 9.97 Å². The zero-order valence-corrected chi connectivity index (χ0v) is 12.6. The van der Waals surface area contributed by atoms with Crippen LogP contribution in [-0.4, -0.2) is 9.97 Å². The number of nitrogen functional groups attached to an aromatic ring is 1. The maximum absolute atomic E-state index is 5.94. The van der Waals surface area contributed by atoms with Gasteiger partial charge in [-0.2, -0.15) is 0 Å². The number of hydrogen-bond acceptors (Lipinski definition) is 4. The summed E-state index contributed by atoms with van der Waals surface area (Å²) in [5, 5.41) is 3.43. The normalized spacial score (nSPS) is 12.2. The Bertz CT molecular complexity index is 590. The van der Waals surface area contributed by atoms with Crippen molar-refractivity contribution in [3.63, 3.8) is 0 Å². The maximum atomic E-state index is 5.94. The zero-order chi connectivity index (χ0) is 14.7. The van der Waals surface area contributed by atoms with Crippen LogP contribution in [0.25, 0.3) is 0 Å². The standard InChI is InChI=1S/C16H22N4/c1-5-14-19-15(17)11(3)16(20-14)18-12(4)13-8-6-10(2)7-9-13/h6-9,12H,5H2,1-4H3,(H3,17,18,19,20). The van der Waals surface area contributed by atoms with Crippen LogP contribution in [0, 0.1) is 13.8 Å². The van der Waals surface area contributed by atoms with E-state index in [1.54, 1.807) is 0 Å². The van der Waals surface area contributed by atoms with Crippen molar-refractivity contribution in [1.29, 1.82) is 0 Å². The van der Waals surface area contributed by atoms with Gasteiger partial charge in [0, 0.05) is 18.0 Å². The summed E-state index contributed by atoms with van der Waals surface area (Å²) in [6.07, 6.45) is 0.776. The highest BCUT2D eigenvalue weighted by Gasteiger charge is 2.11. The summed E-state index contributed by atoms with van der Waals surface area (Å²) >= 11 is 0. The minimum Gasteiger partial charge on any atom is -0.383 e. The van der Waals surface area contributed by atoms with E-state index in [0.29, 0.717) is 5.82 Å². The van der Waals surface area contributed by atoms with Gasteiger partial charge in [0.15, 0.2) is 0 Å². The molecule has 3 N–H and O–H groups in total. The predicted molar refractivity (Wildman–Crippen MR) is 83.8 cm³/mol. The second-order valence-electron chi connectivity index (χ2n) is 5.13. The zero-order valence-electron chi connectivity index (χ0n) is 12.6. The molecule has 0 saturated carbocycles. The van der Waals surface area contributed by atoms with Crippen molar-refractivity contribution in [2.24, 2.45) is 0 Å². The van der Waals surface area contributed by atoms with Crippen molar-refractivity contribution in [3.05, 3.63) is 46.8 Å². The Balaban J connectivity index is 2.25. The molecule has 1 unspecified atom stereocenters. The summed E-state index contributed by atoms with van der Waals surface area (Å²) in [4.78, 5) is 8.80. The Labute approximate surface area is 120 Å². The van der Waals surface area contributed by atoms with Crippen LogP contribution in [0.1, 0.15) is 42.4 Å². The van der Waals surface area contributed by atoms with Crippen molar-refractivity contribution >= 4 is 11.6 Å². The molecule has 0 fully saturated rings. The molecule has 0 aliphatic heterocycles. The van der Waals surface area contributed by atoms with E-state index < -0.39 is 0 Å². The number of anilines is 2. The van der Waals surface area contributed by atoms with E-state index >= 15 is 0 Å². The summed E-state index contributed by atoms with van der Waals surface area (Å²) in [6, 6.07) is 8.67. The van der Waals surface area contributed by atoms with E-state index in [-0.39, 0.29) is 6.04 Å². The molecule has 20 heavy (non-hydrogen) atoms. The van der Waals surface area contributed by atoms with Gasteiger partial charge in [0.2, 0.25) is 0 Å². The molecule has 0 bridgehead atoms. The molecule has 4 heteroatoms. The molecule has 0 amide bonds. The van der Waals surface area contributed by atoms with Crippen molar-refractivity contribution in [2.45, 2.75) is 40.2 Å². The fourth-order valence-electron chi connectivity index (χ4n) is 2.02. The first-order valence-corrected chi connectivity index (χ1v) is 6.97.